The molecule has 0 aliphatic rings. The molecule has 1 aromatic rings. The molecule has 1 rings (SSSR count). The molecule has 0 aromatic carbocycles. The zero-order valence-corrected chi connectivity index (χ0v) is 5.18. The van der Waals surface area contributed by atoms with E-state index in [1.807, 2.05) is 0 Å². The fraction of sp³-hybridized carbons (Fsp3) is 0.167. The summed E-state index contributed by atoms with van der Waals surface area (Å²) in [6.07, 6.45) is -3.33. The number of rotatable bonds is 0. The van der Waals surface area contributed by atoms with Gasteiger partial charge < -0.3 is 4.42 Å². The van der Waals surface area contributed by atoms with Crippen LogP contribution in [0.2, 0.25) is 0 Å². The maximum atomic E-state index is 11.8. The highest BCUT2D eigenvalue weighted by molar-refractivity contribution is 5.10. The van der Waals surface area contributed by atoms with E-state index in [9.17, 15) is 18.0 Å². The number of halogens is 3. The number of hydrogen-bond acceptors (Lipinski definition) is 2. The van der Waals surface area contributed by atoms with E-state index in [2.05, 4.69) is 4.42 Å². The normalized spacial score (nSPS) is 11.5. The quantitative estimate of drug-likeness (QED) is 0.583. The second kappa shape index (κ2) is 2.41. The molecule has 0 spiro atoms. The van der Waals surface area contributed by atoms with Gasteiger partial charge in [-0.15, -0.1) is 0 Å². The Balaban J connectivity index is 3.26. The molecule has 0 amide bonds. The molecule has 0 fully saturated rings. The van der Waals surface area contributed by atoms with Crippen LogP contribution in [0, 0.1) is 0 Å². The van der Waals surface area contributed by atoms with Crippen LogP contribution in [-0.2, 0) is 6.18 Å². The largest absolute Gasteiger partial charge is 0.472 e. The molecule has 0 atom stereocenters. The summed E-state index contributed by atoms with van der Waals surface area (Å²) in [7, 11) is 0. The molecule has 0 N–H and O–H groups in total. The van der Waals surface area contributed by atoms with Gasteiger partial charge in [0.1, 0.15) is 11.8 Å². The first kappa shape index (κ1) is 7.84. The minimum Gasteiger partial charge on any atom is -0.472 e. The van der Waals surface area contributed by atoms with Gasteiger partial charge in [-0.2, -0.15) is 13.2 Å². The second-order valence-electron chi connectivity index (χ2n) is 1.83. The molecular formula is C6H3F3O2. The van der Waals surface area contributed by atoms with Crippen LogP contribution in [0.15, 0.2) is 27.8 Å². The average Bonchev–Trinajstić information content (AvgIpc) is 1.86. The van der Waals surface area contributed by atoms with Gasteiger partial charge in [0.05, 0.1) is 6.26 Å². The molecule has 0 aliphatic carbocycles. The standard InChI is InChI=1S/C6H3F3O2/c7-6(8,9)4-3-11-2-1-5(4)10/h1-3H. The smallest absolute Gasteiger partial charge is 0.423 e. The van der Waals surface area contributed by atoms with Gasteiger partial charge in [-0.25, -0.2) is 0 Å². The molecule has 0 unspecified atom stereocenters. The van der Waals surface area contributed by atoms with E-state index >= 15 is 0 Å². The van der Waals surface area contributed by atoms with Gasteiger partial charge in [-0.3, -0.25) is 4.79 Å². The first-order valence-electron chi connectivity index (χ1n) is 2.65. The molecule has 0 aliphatic heterocycles. The van der Waals surface area contributed by atoms with E-state index in [4.69, 9.17) is 0 Å². The van der Waals surface area contributed by atoms with Crippen LogP contribution in [0.5, 0.6) is 0 Å². The van der Waals surface area contributed by atoms with Crippen molar-refractivity contribution in [2.45, 2.75) is 6.18 Å². The maximum absolute atomic E-state index is 11.8. The summed E-state index contributed by atoms with van der Waals surface area (Å²) < 4.78 is 39.6. The van der Waals surface area contributed by atoms with Crippen LogP contribution in [0.25, 0.3) is 0 Å². The molecule has 2 nitrogen and oxygen atoms in total. The average molecular weight is 164 g/mol. The molecule has 1 aromatic heterocycles. The lowest BCUT2D eigenvalue weighted by molar-refractivity contribution is -0.139. The monoisotopic (exact) mass is 164 g/mol. The molecule has 0 bridgehead atoms. The lowest BCUT2D eigenvalue weighted by atomic mass is 10.3. The fourth-order valence-corrected chi connectivity index (χ4v) is 0.563. The van der Waals surface area contributed by atoms with E-state index < -0.39 is 17.2 Å². The van der Waals surface area contributed by atoms with E-state index in [1.165, 1.54) is 0 Å². The van der Waals surface area contributed by atoms with Crippen molar-refractivity contribution in [3.05, 3.63) is 34.4 Å². The molecule has 0 saturated heterocycles. The summed E-state index contributed by atoms with van der Waals surface area (Å²) in [5.41, 5.74) is -2.36. The summed E-state index contributed by atoms with van der Waals surface area (Å²) in [5, 5.41) is 0. The Labute approximate surface area is 59.3 Å². The second-order valence-corrected chi connectivity index (χ2v) is 1.83. The highest BCUT2D eigenvalue weighted by Gasteiger charge is 2.33. The van der Waals surface area contributed by atoms with Crippen molar-refractivity contribution >= 4 is 0 Å². The highest BCUT2D eigenvalue weighted by Crippen LogP contribution is 2.25. The van der Waals surface area contributed by atoms with Crippen molar-refractivity contribution in [3.8, 4) is 0 Å². The van der Waals surface area contributed by atoms with E-state index in [1.54, 1.807) is 0 Å². The summed E-state index contributed by atoms with van der Waals surface area (Å²) in [6.45, 7) is 0. The highest BCUT2D eigenvalue weighted by atomic mass is 19.4. The Morgan fingerprint density at radius 1 is 1.36 bits per heavy atom. The summed E-state index contributed by atoms with van der Waals surface area (Å²) in [5.74, 6) is 0. The van der Waals surface area contributed by atoms with Gasteiger partial charge >= 0.3 is 6.18 Å². The van der Waals surface area contributed by atoms with Gasteiger partial charge in [0.25, 0.3) is 0 Å². The first-order chi connectivity index (χ1) is 5.02. The predicted octanol–water partition coefficient (Wildman–Crippen LogP) is 1.66. The molecule has 1 heterocycles. The van der Waals surface area contributed by atoms with Gasteiger partial charge in [0.15, 0.2) is 5.43 Å². The zero-order valence-electron chi connectivity index (χ0n) is 5.18. The molecule has 60 valence electrons. The van der Waals surface area contributed by atoms with E-state index in [-0.39, 0.29) is 0 Å². The van der Waals surface area contributed by atoms with Gasteiger partial charge in [0.2, 0.25) is 0 Å². The van der Waals surface area contributed by atoms with Crippen molar-refractivity contribution in [2.24, 2.45) is 0 Å². The molecular weight excluding hydrogens is 161 g/mol. The molecule has 0 saturated carbocycles. The minimum absolute atomic E-state index is 0.391. The van der Waals surface area contributed by atoms with E-state index in [0.717, 1.165) is 12.3 Å². The first-order valence-corrected chi connectivity index (χ1v) is 2.65. The van der Waals surface area contributed by atoms with Crippen molar-refractivity contribution in [1.82, 2.24) is 0 Å². The summed E-state index contributed by atoms with van der Waals surface area (Å²) in [4.78, 5) is 10.5. The fourth-order valence-electron chi connectivity index (χ4n) is 0.563. The van der Waals surface area contributed by atoms with Crippen LogP contribution in [-0.4, -0.2) is 0 Å². The van der Waals surface area contributed by atoms with Crippen LogP contribution in [0.3, 0.4) is 0 Å². The SMILES string of the molecule is O=c1ccocc1C(F)(F)F. The summed E-state index contributed by atoms with van der Waals surface area (Å²) in [6, 6.07) is 0.725. The minimum atomic E-state index is -4.62. The molecule has 5 heteroatoms. The Hall–Kier alpha value is -1.26. The molecule has 11 heavy (non-hydrogen) atoms. The predicted molar refractivity (Wildman–Crippen MR) is 30.0 cm³/mol. The third-order valence-electron chi connectivity index (χ3n) is 1.05. The number of alkyl halides is 3. The van der Waals surface area contributed by atoms with Crippen molar-refractivity contribution < 1.29 is 17.6 Å². The van der Waals surface area contributed by atoms with Crippen molar-refractivity contribution in [1.29, 1.82) is 0 Å². The Morgan fingerprint density at radius 3 is 2.36 bits per heavy atom. The summed E-state index contributed by atoms with van der Waals surface area (Å²) >= 11 is 0. The van der Waals surface area contributed by atoms with Crippen LogP contribution < -0.4 is 5.43 Å². The van der Waals surface area contributed by atoms with Crippen molar-refractivity contribution in [3.63, 3.8) is 0 Å². The Kier molecular flexibility index (Phi) is 1.72. The molecule has 0 radical (unpaired) electrons. The third-order valence-corrected chi connectivity index (χ3v) is 1.05. The van der Waals surface area contributed by atoms with Gasteiger partial charge in [0, 0.05) is 6.07 Å². The third kappa shape index (κ3) is 1.60. The Bertz CT molecular complexity index is 299. The lowest BCUT2D eigenvalue weighted by Gasteiger charge is -2.01. The van der Waals surface area contributed by atoms with Crippen molar-refractivity contribution in [2.75, 3.05) is 0 Å². The van der Waals surface area contributed by atoms with Gasteiger partial charge in [-0.05, 0) is 0 Å². The van der Waals surface area contributed by atoms with Gasteiger partial charge in [-0.1, -0.05) is 0 Å². The van der Waals surface area contributed by atoms with Crippen LogP contribution in [0.4, 0.5) is 13.2 Å². The van der Waals surface area contributed by atoms with E-state index in [0.29, 0.717) is 6.26 Å². The van der Waals surface area contributed by atoms with Crippen LogP contribution >= 0.6 is 0 Å². The Morgan fingerprint density at radius 2 is 2.00 bits per heavy atom. The maximum Gasteiger partial charge on any atom is 0.423 e. The van der Waals surface area contributed by atoms with Crippen LogP contribution in [0.1, 0.15) is 5.56 Å². The topological polar surface area (TPSA) is 30.2 Å². The zero-order chi connectivity index (χ0) is 8.48. The number of hydrogen-bond donors (Lipinski definition) is 0. The lowest BCUT2D eigenvalue weighted by Crippen LogP contribution is -2.17.